The zero-order valence-electron chi connectivity index (χ0n) is 8.08. The molecule has 0 aromatic heterocycles. The van der Waals surface area contributed by atoms with Crippen LogP contribution in [0.15, 0.2) is 0 Å². The molecule has 2 amide bonds. The van der Waals surface area contributed by atoms with E-state index in [4.69, 9.17) is 5.11 Å². The lowest BCUT2D eigenvalue weighted by molar-refractivity contribution is -0.121. The number of rotatable bonds is 5. The van der Waals surface area contributed by atoms with Gasteiger partial charge in [0.2, 0.25) is 11.8 Å². The molecular weight excluding hydrogens is 184 g/mol. The highest BCUT2D eigenvalue weighted by Gasteiger charge is 2.22. The van der Waals surface area contributed by atoms with Crippen molar-refractivity contribution in [2.45, 2.75) is 31.7 Å². The van der Waals surface area contributed by atoms with Crippen LogP contribution in [0.25, 0.3) is 0 Å². The molecule has 14 heavy (non-hydrogen) atoms. The van der Waals surface area contributed by atoms with Crippen molar-refractivity contribution in [3.8, 4) is 0 Å². The number of hydrogen-bond donors (Lipinski definition) is 3. The van der Waals surface area contributed by atoms with Gasteiger partial charge in [0, 0.05) is 26.0 Å². The lowest BCUT2D eigenvalue weighted by atomic mass is 10.2. The monoisotopic (exact) mass is 200 g/mol. The third-order valence-corrected chi connectivity index (χ3v) is 2.15. The van der Waals surface area contributed by atoms with Gasteiger partial charge >= 0.3 is 0 Å². The van der Waals surface area contributed by atoms with Gasteiger partial charge in [-0.1, -0.05) is 0 Å². The van der Waals surface area contributed by atoms with Crippen LogP contribution < -0.4 is 10.6 Å². The number of unbranched alkanes of at least 4 members (excludes halogenated alkanes) is 1. The normalized spacial score (nSPS) is 20.6. The van der Waals surface area contributed by atoms with Crippen LogP contribution in [0.2, 0.25) is 0 Å². The molecule has 0 aromatic carbocycles. The molecule has 0 saturated carbocycles. The standard InChI is InChI=1S/C9H16N2O3/c12-4-2-1-3-8(13)11-7-5-9(14)10-6-7/h7,12H,1-6H2,(H,10,14)(H,11,13). The second-order valence-corrected chi connectivity index (χ2v) is 3.45. The van der Waals surface area contributed by atoms with E-state index in [-0.39, 0.29) is 24.5 Å². The number of hydrogen-bond acceptors (Lipinski definition) is 3. The first kappa shape index (κ1) is 11.0. The maximum atomic E-state index is 11.2. The molecule has 5 nitrogen and oxygen atoms in total. The summed E-state index contributed by atoms with van der Waals surface area (Å²) >= 11 is 0. The molecule has 1 saturated heterocycles. The predicted octanol–water partition coefficient (Wildman–Crippen LogP) is -0.846. The summed E-state index contributed by atoms with van der Waals surface area (Å²) in [6.07, 6.45) is 2.14. The van der Waals surface area contributed by atoms with E-state index in [0.29, 0.717) is 32.2 Å². The number of carbonyl (C=O) groups excluding carboxylic acids is 2. The van der Waals surface area contributed by atoms with Crippen LogP contribution in [0.1, 0.15) is 25.7 Å². The van der Waals surface area contributed by atoms with Crippen LogP contribution in [0.5, 0.6) is 0 Å². The summed E-state index contributed by atoms with van der Waals surface area (Å²) in [6, 6.07) is -0.0517. The smallest absolute Gasteiger partial charge is 0.222 e. The number of nitrogens with one attached hydrogen (secondary N) is 2. The Morgan fingerprint density at radius 1 is 1.57 bits per heavy atom. The van der Waals surface area contributed by atoms with Gasteiger partial charge in [0.25, 0.3) is 0 Å². The first-order valence-electron chi connectivity index (χ1n) is 4.89. The van der Waals surface area contributed by atoms with Crippen molar-refractivity contribution in [3.05, 3.63) is 0 Å². The van der Waals surface area contributed by atoms with Gasteiger partial charge in [-0.15, -0.1) is 0 Å². The van der Waals surface area contributed by atoms with Gasteiger partial charge in [-0.3, -0.25) is 9.59 Å². The molecule has 80 valence electrons. The Bertz CT molecular complexity index is 218. The summed E-state index contributed by atoms with van der Waals surface area (Å²) in [5.74, 6) is -0.0504. The molecule has 1 fully saturated rings. The van der Waals surface area contributed by atoms with Crippen LogP contribution in [0.4, 0.5) is 0 Å². The summed E-state index contributed by atoms with van der Waals surface area (Å²) in [4.78, 5) is 22.0. The van der Waals surface area contributed by atoms with Gasteiger partial charge in [-0.05, 0) is 12.8 Å². The Morgan fingerprint density at radius 2 is 2.36 bits per heavy atom. The van der Waals surface area contributed by atoms with Crippen LogP contribution in [0, 0.1) is 0 Å². The number of amides is 2. The largest absolute Gasteiger partial charge is 0.396 e. The SMILES string of the molecule is O=C1CC(NC(=O)CCCCO)CN1. The molecule has 0 spiro atoms. The van der Waals surface area contributed by atoms with Crippen LogP contribution in [-0.2, 0) is 9.59 Å². The minimum atomic E-state index is -0.0517. The summed E-state index contributed by atoms with van der Waals surface area (Å²) < 4.78 is 0. The first-order chi connectivity index (χ1) is 6.72. The Hall–Kier alpha value is -1.10. The molecule has 1 aliphatic rings. The minimum Gasteiger partial charge on any atom is -0.396 e. The summed E-state index contributed by atoms with van der Waals surface area (Å²) in [7, 11) is 0. The van der Waals surface area contributed by atoms with Crippen molar-refractivity contribution < 1.29 is 14.7 Å². The second kappa shape index (κ2) is 5.59. The number of aliphatic hydroxyl groups excluding tert-OH is 1. The number of aliphatic hydroxyl groups is 1. The van der Waals surface area contributed by atoms with E-state index < -0.39 is 0 Å². The van der Waals surface area contributed by atoms with Crippen LogP contribution in [-0.4, -0.2) is 36.1 Å². The maximum Gasteiger partial charge on any atom is 0.222 e. The molecule has 1 aliphatic heterocycles. The van der Waals surface area contributed by atoms with Gasteiger partial charge in [-0.2, -0.15) is 0 Å². The average molecular weight is 200 g/mol. The molecule has 0 radical (unpaired) electrons. The molecule has 1 rings (SSSR count). The van der Waals surface area contributed by atoms with Crippen molar-refractivity contribution in [1.82, 2.24) is 10.6 Å². The zero-order chi connectivity index (χ0) is 10.4. The quantitative estimate of drug-likeness (QED) is 0.506. The molecule has 1 unspecified atom stereocenters. The lowest BCUT2D eigenvalue weighted by Crippen LogP contribution is -2.36. The van der Waals surface area contributed by atoms with Gasteiger partial charge in [0.15, 0.2) is 0 Å². The van der Waals surface area contributed by atoms with Gasteiger partial charge < -0.3 is 15.7 Å². The first-order valence-corrected chi connectivity index (χ1v) is 4.89. The highest BCUT2D eigenvalue weighted by molar-refractivity contribution is 5.81. The Kier molecular flexibility index (Phi) is 4.39. The van der Waals surface area contributed by atoms with Crippen molar-refractivity contribution in [3.63, 3.8) is 0 Å². The summed E-state index contributed by atoms with van der Waals surface area (Å²) in [5, 5.41) is 13.9. The van der Waals surface area contributed by atoms with E-state index in [9.17, 15) is 9.59 Å². The van der Waals surface area contributed by atoms with Crippen LogP contribution in [0.3, 0.4) is 0 Å². The fourth-order valence-electron chi connectivity index (χ4n) is 1.40. The average Bonchev–Trinajstić information content (AvgIpc) is 2.52. The van der Waals surface area contributed by atoms with Crippen molar-refractivity contribution in [2.75, 3.05) is 13.2 Å². The highest BCUT2D eigenvalue weighted by atomic mass is 16.3. The van der Waals surface area contributed by atoms with Gasteiger partial charge in [0.05, 0.1) is 6.04 Å². The molecule has 1 heterocycles. The Morgan fingerprint density at radius 3 is 2.93 bits per heavy atom. The fraction of sp³-hybridized carbons (Fsp3) is 0.778. The van der Waals surface area contributed by atoms with E-state index in [1.807, 2.05) is 0 Å². The van der Waals surface area contributed by atoms with Gasteiger partial charge in [-0.25, -0.2) is 0 Å². The molecule has 0 bridgehead atoms. The third-order valence-electron chi connectivity index (χ3n) is 2.15. The fourth-order valence-corrected chi connectivity index (χ4v) is 1.40. The highest BCUT2D eigenvalue weighted by Crippen LogP contribution is 2.01. The van der Waals surface area contributed by atoms with E-state index in [1.54, 1.807) is 0 Å². The van der Waals surface area contributed by atoms with E-state index in [1.165, 1.54) is 0 Å². The maximum absolute atomic E-state index is 11.2. The van der Waals surface area contributed by atoms with Gasteiger partial charge in [0.1, 0.15) is 0 Å². The zero-order valence-corrected chi connectivity index (χ0v) is 8.08. The summed E-state index contributed by atoms with van der Waals surface area (Å²) in [5.41, 5.74) is 0. The van der Waals surface area contributed by atoms with Crippen molar-refractivity contribution in [2.24, 2.45) is 0 Å². The van der Waals surface area contributed by atoms with E-state index >= 15 is 0 Å². The molecule has 5 heteroatoms. The molecular formula is C9H16N2O3. The second-order valence-electron chi connectivity index (χ2n) is 3.45. The Labute approximate surface area is 82.9 Å². The molecule has 1 atom stereocenters. The minimum absolute atomic E-state index is 0.00865. The Balaban J connectivity index is 2.11. The molecule has 3 N–H and O–H groups in total. The van der Waals surface area contributed by atoms with E-state index in [2.05, 4.69) is 10.6 Å². The lowest BCUT2D eigenvalue weighted by Gasteiger charge is -2.09. The molecule has 0 aliphatic carbocycles. The topological polar surface area (TPSA) is 78.4 Å². The summed E-state index contributed by atoms with van der Waals surface area (Å²) in [6.45, 7) is 0.654. The predicted molar refractivity (Wildman–Crippen MR) is 50.5 cm³/mol. The van der Waals surface area contributed by atoms with Crippen molar-refractivity contribution in [1.29, 1.82) is 0 Å². The third kappa shape index (κ3) is 3.74. The van der Waals surface area contributed by atoms with E-state index in [0.717, 1.165) is 0 Å². The van der Waals surface area contributed by atoms with Crippen molar-refractivity contribution >= 4 is 11.8 Å². The molecule has 0 aromatic rings. The van der Waals surface area contributed by atoms with Crippen LogP contribution >= 0.6 is 0 Å². The number of carbonyl (C=O) groups is 2.